The van der Waals surface area contributed by atoms with Crippen LogP contribution in [0, 0.1) is 0 Å². The lowest BCUT2D eigenvalue weighted by Gasteiger charge is -2.16. The minimum absolute atomic E-state index is 0.364. The predicted molar refractivity (Wildman–Crippen MR) is 125 cm³/mol. The van der Waals surface area contributed by atoms with Crippen molar-refractivity contribution in [1.29, 1.82) is 0 Å². The Labute approximate surface area is 191 Å². The Morgan fingerprint density at radius 2 is 1.87 bits per heavy atom. The molecule has 0 spiro atoms. The maximum atomic E-state index is 6.12. The van der Waals surface area contributed by atoms with Gasteiger partial charge in [-0.25, -0.2) is 4.98 Å². The topological polar surface area (TPSA) is 59.2 Å². The van der Waals surface area contributed by atoms with Crippen molar-refractivity contribution in [2.24, 2.45) is 0 Å². The molecule has 0 aliphatic carbocycles. The number of ether oxygens (including phenoxy) is 2. The molecule has 1 heterocycles. The third-order valence-electron chi connectivity index (χ3n) is 4.94. The van der Waals surface area contributed by atoms with Crippen LogP contribution in [0.4, 0.5) is 0 Å². The van der Waals surface area contributed by atoms with Crippen molar-refractivity contribution in [3.63, 3.8) is 0 Å². The van der Waals surface area contributed by atoms with Gasteiger partial charge in [-0.05, 0) is 35.9 Å². The molecule has 2 N–H and O–H groups in total. The molecule has 0 atom stereocenters. The Morgan fingerprint density at radius 1 is 1.00 bits per heavy atom. The summed E-state index contributed by atoms with van der Waals surface area (Å²) in [6.07, 6.45) is 0.804. The molecular formula is C24H23Cl2N3O2. The van der Waals surface area contributed by atoms with Crippen LogP contribution in [-0.2, 0) is 19.6 Å². The molecule has 0 aliphatic heterocycles. The van der Waals surface area contributed by atoms with Gasteiger partial charge in [-0.2, -0.15) is 0 Å². The van der Waals surface area contributed by atoms with Crippen molar-refractivity contribution in [1.82, 2.24) is 15.3 Å². The lowest BCUT2D eigenvalue weighted by molar-refractivity contribution is 0.280. The van der Waals surface area contributed by atoms with E-state index in [1.807, 2.05) is 54.6 Å². The fourth-order valence-electron chi connectivity index (χ4n) is 3.36. The number of fused-ring (bicyclic) bond motifs is 1. The molecule has 7 heteroatoms. The number of hydrogen-bond donors (Lipinski definition) is 2. The zero-order valence-corrected chi connectivity index (χ0v) is 18.6. The highest BCUT2D eigenvalue weighted by Gasteiger charge is 2.12. The maximum absolute atomic E-state index is 6.12. The molecule has 0 aliphatic rings. The fourth-order valence-corrected chi connectivity index (χ4v) is 3.68. The molecule has 5 nitrogen and oxygen atoms in total. The van der Waals surface area contributed by atoms with Gasteiger partial charge in [0.1, 0.15) is 12.4 Å². The first-order valence-electron chi connectivity index (χ1n) is 10.0. The highest BCUT2D eigenvalue weighted by atomic mass is 35.5. The van der Waals surface area contributed by atoms with Crippen LogP contribution in [0.25, 0.3) is 11.0 Å². The number of rotatable bonds is 9. The average molecular weight is 456 g/mol. The van der Waals surface area contributed by atoms with E-state index in [0.29, 0.717) is 34.7 Å². The molecule has 0 radical (unpaired) electrons. The fraction of sp³-hybridized carbons (Fsp3) is 0.208. The molecule has 0 fully saturated rings. The molecule has 0 saturated carbocycles. The molecule has 4 rings (SSSR count). The third-order valence-corrected chi connectivity index (χ3v) is 5.68. The molecular weight excluding hydrogens is 433 g/mol. The van der Waals surface area contributed by atoms with E-state index in [0.717, 1.165) is 41.0 Å². The molecule has 31 heavy (non-hydrogen) atoms. The lowest BCUT2D eigenvalue weighted by atomic mass is 10.1. The van der Waals surface area contributed by atoms with Gasteiger partial charge in [-0.3, -0.25) is 0 Å². The summed E-state index contributed by atoms with van der Waals surface area (Å²) < 4.78 is 11.6. The van der Waals surface area contributed by atoms with Gasteiger partial charge in [-0.15, -0.1) is 0 Å². The van der Waals surface area contributed by atoms with E-state index in [-0.39, 0.29) is 0 Å². The normalized spacial score (nSPS) is 11.1. The number of para-hydroxylation sites is 3. The standard InChI is InChI=1S/C24H23Cl2N3O2/c1-30-22-8-4-5-17(24(22)31-15-16-9-10-18(25)19(26)13-16)14-27-12-11-23-28-20-6-2-3-7-21(20)29-23/h2-10,13,27H,11-12,14-15H2,1H3,(H,28,29). The van der Waals surface area contributed by atoms with Gasteiger partial charge in [0, 0.05) is 25.1 Å². The van der Waals surface area contributed by atoms with Gasteiger partial charge in [0.2, 0.25) is 0 Å². The summed E-state index contributed by atoms with van der Waals surface area (Å²) in [6, 6.07) is 19.4. The summed E-state index contributed by atoms with van der Waals surface area (Å²) in [5.74, 6) is 2.37. The van der Waals surface area contributed by atoms with Crippen molar-refractivity contribution in [2.75, 3.05) is 13.7 Å². The summed E-state index contributed by atoms with van der Waals surface area (Å²) in [7, 11) is 1.64. The zero-order valence-electron chi connectivity index (χ0n) is 17.1. The zero-order chi connectivity index (χ0) is 21.6. The number of aromatic nitrogens is 2. The van der Waals surface area contributed by atoms with Gasteiger partial charge in [-0.1, -0.05) is 53.5 Å². The van der Waals surface area contributed by atoms with Gasteiger partial charge in [0.15, 0.2) is 11.5 Å². The first kappa shape index (κ1) is 21.5. The molecule has 3 aromatic carbocycles. The van der Waals surface area contributed by atoms with E-state index >= 15 is 0 Å². The van der Waals surface area contributed by atoms with E-state index in [2.05, 4.69) is 15.3 Å². The van der Waals surface area contributed by atoms with Crippen LogP contribution in [-0.4, -0.2) is 23.6 Å². The van der Waals surface area contributed by atoms with Crippen LogP contribution in [0.15, 0.2) is 60.7 Å². The van der Waals surface area contributed by atoms with Crippen LogP contribution < -0.4 is 14.8 Å². The van der Waals surface area contributed by atoms with Crippen LogP contribution in [0.3, 0.4) is 0 Å². The van der Waals surface area contributed by atoms with E-state index < -0.39 is 0 Å². The predicted octanol–water partition coefficient (Wildman–Crippen LogP) is 5.79. The SMILES string of the molecule is COc1cccc(CNCCc2nc3ccccc3[nH]2)c1OCc1ccc(Cl)c(Cl)c1. The summed E-state index contributed by atoms with van der Waals surface area (Å²) in [5.41, 5.74) is 4.00. The lowest BCUT2D eigenvalue weighted by Crippen LogP contribution is -2.18. The minimum atomic E-state index is 0.364. The van der Waals surface area contributed by atoms with Gasteiger partial charge < -0.3 is 19.8 Å². The Morgan fingerprint density at radius 3 is 2.68 bits per heavy atom. The molecule has 0 bridgehead atoms. The number of benzene rings is 3. The second kappa shape index (κ2) is 10.1. The van der Waals surface area contributed by atoms with Crippen LogP contribution in [0.2, 0.25) is 10.0 Å². The number of imidazole rings is 1. The Bertz CT molecular complexity index is 1140. The highest BCUT2D eigenvalue weighted by Crippen LogP contribution is 2.32. The number of nitrogens with one attached hydrogen (secondary N) is 2. The highest BCUT2D eigenvalue weighted by molar-refractivity contribution is 6.42. The second-order valence-corrected chi connectivity index (χ2v) is 7.93. The molecule has 1 aromatic heterocycles. The van der Waals surface area contributed by atoms with Gasteiger partial charge in [0.05, 0.1) is 28.2 Å². The summed E-state index contributed by atoms with van der Waals surface area (Å²) in [6.45, 7) is 1.79. The van der Waals surface area contributed by atoms with Crippen LogP contribution >= 0.6 is 23.2 Å². The third kappa shape index (κ3) is 5.31. The molecule has 0 saturated heterocycles. The number of hydrogen-bond acceptors (Lipinski definition) is 4. The van der Waals surface area contributed by atoms with E-state index in [1.165, 1.54) is 0 Å². The average Bonchev–Trinajstić information content (AvgIpc) is 3.20. The molecule has 0 amide bonds. The van der Waals surface area contributed by atoms with Crippen molar-refractivity contribution >= 4 is 34.2 Å². The summed E-state index contributed by atoms with van der Waals surface area (Å²) in [5, 5.41) is 4.50. The molecule has 0 unspecified atom stereocenters. The largest absolute Gasteiger partial charge is 0.493 e. The number of halogens is 2. The van der Waals surface area contributed by atoms with Crippen LogP contribution in [0.1, 0.15) is 17.0 Å². The minimum Gasteiger partial charge on any atom is -0.493 e. The van der Waals surface area contributed by atoms with Crippen molar-refractivity contribution in [3.05, 3.63) is 87.7 Å². The number of nitrogens with zero attached hydrogens (tertiary/aromatic N) is 1. The Kier molecular flexibility index (Phi) is 6.97. The quantitative estimate of drug-likeness (QED) is 0.313. The maximum Gasteiger partial charge on any atom is 0.166 e. The van der Waals surface area contributed by atoms with E-state index in [9.17, 15) is 0 Å². The molecule has 160 valence electrons. The van der Waals surface area contributed by atoms with Gasteiger partial charge in [0.25, 0.3) is 0 Å². The van der Waals surface area contributed by atoms with Gasteiger partial charge >= 0.3 is 0 Å². The van der Waals surface area contributed by atoms with E-state index in [4.69, 9.17) is 32.7 Å². The molecule has 4 aromatic rings. The van der Waals surface area contributed by atoms with Crippen molar-refractivity contribution in [3.8, 4) is 11.5 Å². The summed E-state index contributed by atoms with van der Waals surface area (Å²) in [4.78, 5) is 7.97. The van der Waals surface area contributed by atoms with E-state index in [1.54, 1.807) is 13.2 Å². The van der Waals surface area contributed by atoms with Crippen molar-refractivity contribution in [2.45, 2.75) is 19.6 Å². The Hall–Kier alpha value is -2.73. The first-order chi connectivity index (χ1) is 15.1. The Balaban J connectivity index is 1.38. The van der Waals surface area contributed by atoms with Crippen LogP contribution in [0.5, 0.6) is 11.5 Å². The smallest absolute Gasteiger partial charge is 0.166 e. The summed E-state index contributed by atoms with van der Waals surface area (Å²) >= 11 is 12.1. The number of H-pyrrole nitrogens is 1. The number of methoxy groups -OCH3 is 1. The number of aromatic amines is 1. The first-order valence-corrected chi connectivity index (χ1v) is 10.8. The second-order valence-electron chi connectivity index (χ2n) is 7.11. The van der Waals surface area contributed by atoms with Crippen molar-refractivity contribution < 1.29 is 9.47 Å². The monoisotopic (exact) mass is 455 g/mol.